The molecule has 0 radical (unpaired) electrons. The summed E-state index contributed by atoms with van der Waals surface area (Å²) in [6.07, 6.45) is 0.00394. The van der Waals surface area contributed by atoms with E-state index >= 15 is 0 Å². The minimum absolute atomic E-state index is 0.00394. The van der Waals surface area contributed by atoms with Crippen molar-refractivity contribution in [3.8, 4) is 0 Å². The molecule has 10 heteroatoms. The number of carbonyl (C=O) groups is 3. The molecule has 0 saturated carbocycles. The summed E-state index contributed by atoms with van der Waals surface area (Å²) in [5.41, 5.74) is -0.263. The van der Waals surface area contributed by atoms with E-state index in [1.54, 1.807) is 6.07 Å². The smallest absolute Gasteiger partial charge is 0.328 e. The van der Waals surface area contributed by atoms with Gasteiger partial charge in [-0.05, 0) is 18.7 Å². The SMILES string of the molecule is CN1CCN2c3ccc([N+](=O)[O-])cc3CC3(C(=O)NC(=O)NC3=O)[C@H]2C1. The average Bonchev–Trinajstić information content (AvgIpc) is 2.58. The second-order valence-electron chi connectivity index (χ2n) is 6.93. The monoisotopic (exact) mass is 359 g/mol. The highest BCUT2D eigenvalue weighted by atomic mass is 16.6. The number of nitrogens with zero attached hydrogens (tertiary/aromatic N) is 3. The Morgan fingerprint density at radius 2 is 1.88 bits per heavy atom. The Morgan fingerprint density at radius 3 is 2.54 bits per heavy atom. The highest BCUT2D eigenvalue weighted by Gasteiger charge is 2.60. The number of likely N-dealkylation sites (N-methyl/N-ethyl adjacent to an activating group) is 1. The first-order chi connectivity index (χ1) is 12.3. The van der Waals surface area contributed by atoms with Gasteiger partial charge in [-0.3, -0.25) is 30.3 Å². The molecule has 0 aromatic heterocycles. The Kier molecular flexibility index (Phi) is 3.48. The summed E-state index contributed by atoms with van der Waals surface area (Å²) >= 11 is 0. The van der Waals surface area contributed by atoms with Crippen molar-refractivity contribution >= 4 is 29.2 Å². The van der Waals surface area contributed by atoms with Crippen molar-refractivity contribution in [2.24, 2.45) is 5.41 Å². The molecule has 1 aromatic carbocycles. The van der Waals surface area contributed by atoms with Gasteiger partial charge in [-0.2, -0.15) is 0 Å². The van der Waals surface area contributed by atoms with Gasteiger partial charge in [0.25, 0.3) is 5.69 Å². The van der Waals surface area contributed by atoms with E-state index in [1.165, 1.54) is 12.1 Å². The molecule has 10 nitrogen and oxygen atoms in total. The Labute approximate surface area is 148 Å². The molecule has 3 aliphatic rings. The van der Waals surface area contributed by atoms with Crippen LogP contribution in [0.15, 0.2) is 18.2 Å². The van der Waals surface area contributed by atoms with Crippen LogP contribution in [-0.4, -0.2) is 60.4 Å². The zero-order valence-corrected chi connectivity index (χ0v) is 14.0. The number of nitrogens with one attached hydrogen (secondary N) is 2. The van der Waals surface area contributed by atoms with Crippen molar-refractivity contribution in [3.63, 3.8) is 0 Å². The Balaban J connectivity index is 1.88. The van der Waals surface area contributed by atoms with Crippen molar-refractivity contribution in [1.29, 1.82) is 0 Å². The van der Waals surface area contributed by atoms with E-state index in [9.17, 15) is 24.5 Å². The summed E-state index contributed by atoms with van der Waals surface area (Å²) < 4.78 is 0. The maximum Gasteiger partial charge on any atom is 0.328 e. The Hall–Kier alpha value is -3.01. The number of fused-ring (bicyclic) bond motifs is 4. The highest BCUT2D eigenvalue weighted by molar-refractivity contribution is 6.20. The lowest BCUT2D eigenvalue weighted by Gasteiger charge is -2.53. The molecule has 136 valence electrons. The lowest BCUT2D eigenvalue weighted by molar-refractivity contribution is -0.384. The zero-order valence-electron chi connectivity index (χ0n) is 14.0. The number of anilines is 1. The van der Waals surface area contributed by atoms with Crippen LogP contribution in [0.3, 0.4) is 0 Å². The van der Waals surface area contributed by atoms with E-state index in [4.69, 9.17) is 0 Å². The van der Waals surface area contributed by atoms with Crippen molar-refractivity contribution in [3.05, 3.63) is 33.9 Å². The number of nitro benzene ring substituents is 1. The summed E-state index contributed by atoms with van der Waals surface area (Å²) in [4.78, 5) is 51.8. The van der Waals surface area contributed by atoms with E-state index in [-0.39, 0.29) is 12.1 Å². The lowest BCUT2D eigenvalue weighted by Crippen LogP contribution is -2.74. The third-order valence-corrected chi connectivity index (χ3v) is 5.47. The van der Waals surface area contributed by atoms with Gasteiger partial charge >= 0.3 is 6.03 Å². The van der Waals surface area contributed by atoms with Crippen molar-refractivity contribution in [2.75, 3.05) is 31.6 Å². The summed E-state index contributed by atoms with van der Waals surface area (Å²) in [7, 11) is 1.90. The van der Waals surface area contributed by atoms with Gasteiger partial charge in [0.1, 0.15) is 0 Å². The second-order valence-corrected chi connectivity index (χ2v) is 6.93. The highest BCUT2D eigenvalue weighted by Crippen LogP contribution is 2.45. The number of benzene rings is 1. The van der Waals surface area contributed by atoms with Crippen molar-refractivity contribution < 1.29 is 19.3 Å². The molecule has 2 saturated heterocycles. The molecule has 2 fully saturated rings. The minimum atomic E-state index is -1.51. The first-order valence-corrected chi connectivity index (χ1v) is 8.22. The number of amides is 4. The first kappa shape index (κ1) is 16.5. The van der Waals surface area contributed by atoms with E-state index < -0.39 is 34.2 Å². The molecule has 1 atom stereocenters. The van der Waals surface area contributed by atoms with Crippen LogP contribution in [-0.2, 0) is 16.0 Å². The molecular formula is C16H17N5O5. The predicted molar refractivity (Wildman–Crippen MR) is 89.5 cm³/mol. The summed E-state index contributed by atoms with van der Waals surface area (Å²) in [6.45, 7) is 1.76. The summed E-state index contributed by atoms with van der Waals surface area (Å²) in [5, 5.41) is 15.5. The van der Waals surface area contributed by atoms with Gasteiger partial charge in [-0.1, -0.05) is 0 Å². The fourth-order valence-corrected chi connectivity index (χ4v) is 4.18. The number of barbiturate groups is 1. The fraction of sp³-hybridized carbons (Fsp3) is 0.438. The van der Waals surface area contributed by atoms with Crippen LogP contribution in [0.1, 0.15) is 5.56 Å². The van der Waals surface area contributed by atoms with E-state index in [2.05, 4.69) is 10.6 Å². The molecule has 3 heterocycles. The van der Waals surface area contributed by atoms with Crippen LogP contribution in [0.25, 0.3) is 0 Å². The summed E-state index contributed by atoms with van der Waals surface area (Å²) in [5.74, 6) is -1.32. The number of hydrogen-bond donors (Lipinski definition) is 2. The number of urea groups is 1. The maximum atomic E-state index is 12.8. The van der Waals surface area contributed by atoms with Gasteiger partial charge in [0.2, 0.25) is 11.8 Å². The van der Waals surface area contributed by atoms with Crippen LogP contribution in [0, 0.1) is 15.5 Å². The number of rotatable bonds is 1. The Morgan fingerprint density at radius 1 is 1.19 bits per heavy atom. The van der Waals surface area contributed by atoms with Gasteiger partial charge < -0.3 is 9.80 Å². The zero-order chi connectivity index (χ0) is 18.6. The van der Waals surface area contributed by atoms with Gasteiger partial charge in [-0.15, -0.1) is 0 Å². The number of hydrogen-bond acceptors (Lipinski definition) is 7. The molecular weight excluding hydrogens is 342 g/mol. The standard InChI is InChI=1S/C16H17N5O5/c1-19-4-5-20-11-3-2-10(21(25)26)6-9(11)7-16(12(20)8-19)13(22)17-15(24)18-14(16)23/h2-3,6,12H,4-5,7-8H2,1H3,(H2,17,18,22,23,24)/t12-/m1/s1. The third-order valence-electron chi connectivity index (χ3n) is 5.47. The predicted octanol–water partition coefficient (Wildman–Crippen LogP) is -0.376. The van der Waals surface area contributed by atoms with Gasteiger partial charge in [0, 0.05) is 43.9 Å². The molecule has 1 spiro atoms. The van der Waals surface area contributed by atoms with Crippen LogP contribution in [0.5, 0.6) is 0 Å². The van der Waals surface area contributed by atoms with Gasteiger partial charge in [-0.25, -0.2) is 4.79 Å². The minimum Gasteiger partial charge on any atom is -0.364 e. The topological polar surface area (TPSA) is 125 Å². The first-order valence-electron chi connectivity index (χ1n) is 8.22. The molecule has 2 N–H and O–H groups in total. The Bertz CT molecular complexity index is 833. The van der Waals surface area contributed by atoms with Crippen LogP contribution in [0.4, 0.5) is 16.2 Å². The van der Waals surface area contributed by atoms with E-state index in [0.717, 1.165) is 12.2 Å². The van der Waals surface area contributed by atoms with Crippen LogP contribution >= 0.6 is 0 Å². The second kappa shape index (κ2) is 5.49. The molecule has 4 amide bonds. The third kappa shape index (κ3) is 2.18. The molecule has 26 heavy (non-hydrogen) atoms. The molecule has 3 aliphatic heterocycles. The molecule has 1 aromatic rings. The quantitative estimate of drug-likeness (QED) is 0.398. The number of nitro groups is 1. The van der Waals surface area contributed by atoms with Crippen LogP contribution < -0.4 is 15.5 Å². The number of imide groups is 2. The molecule has 0 bridgehead atoms. The maximum absolute atomic E-state index is 12.8. The molecule has 0 unspecified atom stereocenters. The van der Waals surface area contributed by atoms with E-state index in [0.29, 0.717) is 18.7 Å². The van der Waals surface area contributed by atoms with E-state index in [1.807, 2.05) is 16.8 Å². The molecule has 0 aliphatic carbocycles. The normalized spacial score (nSPS) is 24.6. The number of piperazine rings is 1. The van der Waals surface area contributed by atoms with Gasteiger partial charge in [0.05, 0.1) is 11.0 Å². The largest absolute Gasteiger partial charge is 0.364 e. The molecule has 4 rings (SSSR count). The van der Waals surface area contributed by atoms with Crippen molar-refractivity contribution in [2.45, 2.75) is 12.5 Å². The summed E-state index contributed by atoms with van der Waals surface area (Å²) in [6, 6.07) is 3.19. The number of carbonyl (C=O) groups excluding carboxylic acids is 3. The van der Waals surface area contributed by atoms with Gasteiger partial charge in [0.15, 0.2) is 5.41 Å². The lowest BCUT2D eigenvalue weighted by atomic mass is 9.68. The number of non-ortho nitro benzene ring substituents is 1. The fourth-order valence-electron chi connectivity index (χ4n) is 4.18. The van der Waals surface area contributed by atoms with Crippen LogP contribution in [0.2, 0.25) is 0 Å². The van der Waals surface area contributed by atoms with Crippen molar-refractivity contribution in [1.82, 2.24) is 15.5 Å². The average molecular weight is 359 g/mol.